The maximum absolute atomic E-state index is 5.03. The second-order valence-electron chi connectivity index (χ2n) is 7.64. The predicted molar refractivity (Wildman–Crippen MR) is 103 cm³/mol. The van der Waals surface area contributed by atoms with Crippen molar-refractivity contribution >= 4 is 10.9 Å². The van der Waals surface area contributed by atoms with Crippen LogP contribution >= 0.6 is 0 Å². The summed E-state index contributed by atoms with van der Waals surface area (Å²) in [5, 5.41) is 1.33. The molecule has 1 aliphatic rings. The van der Waals surface area contributed by atoms with E-state index in [2.05, 4.69) is 79.0 Å². The average Bonchev–Trinajstić information content (AvgIpc) is 3.13. The molecule has 0 saturated carbocycles. The minimum absolute atomic E-state index is 0.0598. The first-order valence-corrected chi connectivity index (χ1v) is 8.79. The zero-order valence-corrected chi connectivity index (χ0v) is 14.8. The standard InChI is InChI=1S/C22H21N3/c1-22(2)13-17-20(19-18(22)15-11-7-8-12-16(15)23-19)25(3)21(24-17)14-9-5-4-6-10-14/h4-12,23H,13H2,1-3H3. The lowest BCUT2D eigenvalue weighted by molar-refractivity contribution is 0.514. The maximum Gasteiger partial charge on any atom is 0.140 e. The van der Waals surface area contributed by atoms with E-state index in [1.807, 2.05) is 6.07 Å². The SMILES string of the molecule is Cn1c(-c2ccccc2)nc2c1-c1[nH]c3ccccc3c1C(C)(C)C2. The summed E-state index contributed by atoms with van der Waals surface area (Å²) < 4.78 is 2.24. The van der Waals surface area contributed by atoms with E-state index in [0.717, 1.165) is 17.8 Å². The Bertz CT molecular complexity index is 1100. The predicted octanol–water partition coefficient (Wildman–Crippen LogP) is 5.07. The molecule has 0 radical (unpaired) electrons. The Kier molecular flexibility index (Phi) is 2.82. The van der Waals surface area contributed by atoms with Gasteiger partial charge in [0.1, 0.15) is 5.82 Å². The molecular formula is C22H21N3. The van der Waals surface area contributed by atoms with Crippen LogP contribution in [0, 0.1) is 0 Å². The number of hydrogen-bond donors (Lipinski definition) is 1. The van der Waals surface area contributed by atoms with E-state index in [4.69, 9.17) is 4.98 Å². The van der Waals surface area contributed by atoms with Crippen molar-refractivity contribution in [2.24, 2.45) is 7.05 Å². The third-order valence-corrected chi connectivity index (χ3v) is 5.43. The number of para-hydroxylation sites is 1. The molecule has 0 atom stereocenters. The molecule has 0 aliphatic heterocycles. The summed E-state index contributed by atoms with van der Waals surface area (Å²) >= 11 is 0. The van der Waals surface area contributed by atoms with E-state index in [-0.39, 0.29) is 5.41 Å². The Hall–Kier alpha value is -2.81. The number of nitrogens with one attached hydrogen (secondary N) is 1. The molecular weight excluding hydrogens is 306 g/mol. The van der Waals surface area contributed by atoms with Gasteiger partial charge in [-0.05, 0) is 17.0 Å². The summed E-state index contributed by atoms with van der Waals surface area (Å²) in [6.45, 7) is 4.65. The van der Waals surface area contributed by atoms with Gasteiger partial charge >= 0.3 is 0 Å². The number of aromatic nitrogens is 3. The van der Waals surface area contributed by atoms with Crippen molar-refractivity contribution in [1.82, 2.24) is 14.5 Å². The molecule has 0 amide bonds. The van der Waals surface area contributed by atoms with Gasteiger partial charge in [0.25, 0.3) is 0 Å². The lowest BCUT2D eigenvalue weighted by Gasteiger charge is -2.30. The molecule has 3 heteroatoms. The van der Waals surface area contributed by atoms with Gasteiger partial charge in [0.2, 0.25) is 0 Å². The minimum atomic E-state index is 0.0598. The highest BCUT2D eigenvalue weighted by molar-refractivity contribution is 5.93. The van der Waals surface area contributed by atoms with E-state index in [9.17, 15) is 0 Å². The molecule has 0 saturated heterocycles. The highest BCUT2D eigenvalue weighted by atomic mass is 15.1. The van der Waals surface area contributed by atoms with Crippen molar-refractivity contribution in [1.29, 1.82) is 0 Å². The van der Waals surface area contributed by atoms with Crippen LogP contribution in [0.25, 0.3) is 33.7 Å². The van der Waals surface area contributed by atoms with Gasteiger partial charge in [0.15, 0.2) is 0 Å². The first kappa shape index (κ1) is 14.5. The van der Waals surface area contributed by atoms with Crippen molar-refractivity contribution in [2.45, 2.75) is 25.7 Å². The van der Waals surface area contributed by atoms with Crippen molar-refractivity contribution in [3.63, 3.8) is 0 Å². The summed E-state index contributed by atoms with van der Waals surface area (Å²) in [6.07, 6.45) is 0.956. The van der Waals surface area contributed by atoms with Gasteiger partial charge in [0.05, 0.1) is 17.1 Å². The number of benzene rings is 2. The quantitative estimate of drug-likeness (QED) is 0.520. The number of aromatic amines is 1. The van der Waals surface area contributed by atoms with Crippen molar-refractivity contribution in [2.75, 3.05) is 0 Å². The summed E-state index contributed by atoms with van der Waals surface area (Å²) in [6, 6.07) is 19.1. The first-order chi connectivity index (χ1) is 12.1. The van der Waals surface area contributed by atoms with Crippen LogP contribution in [0.1, 0.15) is 25.1 Å². The van der Waals surface area contributed by atoms with Crippen LogP contribution in [0.3, 0.4) is 0 Å². The number of nitrogens with zero attached hydrogens (tertiary/aromatic N) is 2. The van der Waals surface area contributed by atoms with Gasteiger partial charge in [0, 0.05) is 29.9 Å². The number of hydrogen-bond acceptors (Lipinski definition) is 1. The fraction of sp³-hybridized carbons (Fsp3) is 0.227. The zero-order chi connectivity index (χ0) is 17.2. The van der Waals surface area contributed by atoms with Gasteiger partial charge in [-0.2, -0.15) is 0 Å². The average molecular weight is 327 g/mol. The molecule has 2 aromatic carbocycles. The minimum Gasteiger partial charge on any atom is -0.353 e. The highest BCUT2D eigenvalue weighted by Crippen LogP contribution is 2.46. The molecule has 2 heterocycles. The van der Waals surface area contributed by atoms with Gasteiger partial charge in [-0.15, -0.1) is 0 Å². The Morgan fingerprint density at radius 1 is 1.00 bits per heavy atom. The number of fused-ring (bicyclic) bond motifs is 5. The lowest BCUT2D eigenvalue weighted by atomic mass is 9.74. The molecule has 0 spiro atoms. The molecule has 1 aliphatic carbocycles. The molecule has 4 aromatic rings. The van der Waals surface area contributed by atoms with E-state index < -0.39 is 0 Å². The van der Waals surface area contributed by atoms with E-state index >= 15 is 0 Å². The normalized spacial score (nSPS) is 15.2. The van der Waals surface area contributed by atoms with Crippen LogP contribution in [-0.4, -0.2) is 14.5 Å². The monoisotopic (exact) mass is 327 g/mol. The zero-order valence-electron chi connectivity index (χ0n) is 14.8. The smallest absolute Gasteiger partial charge is 0.140 e. The summed E-state index contributed by atoms with van der Waals surface area (Å²) in [5.74, 6) is 1.04. The molecule has 0 bridgehead atoms. The van der Waals surface area contributed by atoms with Crippen molar-refractivity contribution in [3.05, 3.63) is 65.9 Å². The second-order valence-corrected chi connectivity index (χ2v) is 7.64. The second kappa shape index (κ2) is 4.85. The molecule has 25 heavy (non-hydrogen) atoms. The lowest BCUT2D eigenvalue weighted by Crippen LogP contribution is -2.25. The summed E-state index contributed by atoms with van der Waals surface area (Å²) in [5.41, 5.74) is 7.48. The first-order valence-electron chi connectivity index (χ1n) is 8.79. The Balaban J connectivity index is 1.83. The molecule has 1 N–H and O–H groups in total. The fourth-order valence-corrected chi connectivity index (χ4v) is 4.37. The topological polar surface area (TPSA) is 33.6 Å². The van der Waals surface area contributed by atoms with Crippen LogP contribution in [0.5, 0.6) is 0 Å². The van der Waals surface area contributed by atoms with Crippen LogP contribution in [-0.2, 0) is 18.9 Å². The van der Waals surface area contributed by atoms with E-state index in [0.29, 0.717) is 0 Å². The maximum atomic E-state index is 5.03. The van der Waals surface area contributed by atoms with Gasteiger partial charge < -0.3 is 9.55 Å². The van der Waals surface area contributed by atoms with Gasteiger partial charge in [-0.1, -0.05) is 62.4 Å². The van der Waals surface area contributed by atoms with E-state index in [1.165, 1.54) is 33.5 Å². The molecule has 0 unspecified atom stereocenters. The summed E-state index contributed by atoms with van der Waals surface area (Å²) in [7, 11) is 2.13. The molecule has 0 fully saturated rings. The van der Waals surface area contributed by atoms with E-state index in [1.54, 1.807) is 0 Å². The van der Waals surface area contributed by atoms with Crippen LogP contribution in [0.15, 0.2) is 54.6 Å². The van der Waals surface area contributed by atoms with Crippen molar-refractivity contribution in [3.8, 4) is 22.8 Å². The summed E-state index contributed by atoms with van der Waals surface area (Å²) in [4.78, 5) is 8.70. The van der Waals surface area contributed by atoms with Crippen LogP contribution in [0.4, 0.5) is 0 Å². The third-order valence-electron chi connectivity index (χ3n) is 5.43. The van der Waals surface area contributed by atoms with Gasteiger partial charge in [-0.25, -0.2) is 4.98 Å². The van der Waals surface area contributed by atoms with Crippen LogP contribution < -0.4 is 0 Å². The number of H-pyrrole nitrogens is 1. The Morgan fingerprint density at radius 3 is 2.52 bits per heavy atom. The number of imidazole rings is 1. The molecule has 5 rings (SSSR count). The Morgan fingerprint density at radius 2 is 1.72 bits per heavy atom. The largest absolute Gasteiger partial charge is 0.353 e. The van der Waals surface area contributed by atoms with Gasteiger partial charge in [-0.3, -0.25) is 0 Å². The number of rotatable bonds is 1. The molecule has 2 aromatic heterocycles. The Labute approximate surface area is 147 Å². The molecule has 124 valence electrons. The third kappa shape index (κ3) is 1.95. The fourth-order valence-electron chi connectivity index (χ4n) is 4.37. The van der Waals surface area contributed by atoms with Crippen molar-refractivity contribution < 1.29 is 0 Å². The van der Waals surface area contributed by atoms with Crippen LogP contribution in [0.2, 0.25) is 0 Å². The molecule has 3 nitrogen and oxygen atoms in total. The highest BCUT2D eigenvalue weighted by Gasteiger charge is 2.37.